The molecule has 1 unspecified atom stereocenters. The number of rotatable bonds is 6. The van der Waals surface area contributed by atoms with Gasteiger partial charge in [-0.25, -0.2) is 0 Å². The zero-order chi connectivity index (χ0) is 25.1. The highest BCUT2D eigenvalue weighted by molar-refractivity contribution is 5.94. The van der Waals surface area contributed by atoms with E-state index in [1.807, 2.05) is 39.9 Å². The quantitative estimate of drug-likeness (QED) is 0.528. The second-order valence-electron chi connectivity index (χ2n) is 9.46. The first-order chi connectivity index (χ1) is 17.5. The van der Waals surface area contributed by atoms with E-state index in [1.54, 1.807) is 31.4 Å². The Morgan fingerprint density at radius 1 is 1.06 bits per heavy atom. The van der Waals surface area contributed by atoms with Crippen molar-refractivity contribution in [3.8, 4) is 0 Å². The number of morpholine rings is 1. The van der Waals surface area contributed by atoms with Crippen LogP contribution in [-0.4, -0.2) is 88.2 Å². The Kier molecular flexibility index (Phi) is 7.11. The molecule has 0 spiro atoms. The number of amides is 2. The molecule has 3 aromatic rings. The summed E-state index contributed by atoms with van der Waals surface area (Å²) >= 11 is 0. The maximum Gasteiger partial charge on any atom is 0.274 e. The molecule has 36 heavy (non-hydrogen) atoms. The minimum absolute atomic E-state index is 0.0228. The average molecular weight is 489 g/mol. The predicted octanol–water partition coefficient (Wildman–Crippen LogP) is 1.99. The van der Waals surface area contributed by atoms with E-state index in [-0.39, 0.29) is 11.8 Å². The van der Waals surface area contributed by atoms with Crippen LogP contribution >= 0.6 is 0 Å². The van der Waals surface area contributed by atoms with Gasteiger partial charge in [-0.2, -0.15) is 5.10 Å². The van der Waals surface area contributed by atoms with Gasteiger partial charge < -0.3 is 14.5 Å². The molecular formula is C27H32N6O3. The van der Waals surface area contributed by atoms with Crippen molar-refractivity contribution in [1.29, 1.82) is 0 Å². The molecule has 0 bridgehead atoms. The van der Waals surface area contributed by atoms with Crippen LogP contribution in [-0.2, 0) is 29.0 Å². The third kappa shape index (κ3) is 4.89. The summed E-state index contributed by atoms with van der Waals surface area (Å²) in [6, 6.07) is 13.5. The number of fused-ring (bicyclic) bond motifs is 1. The zero-order valence-corrected chi connectivity index (χ0v) is 20.8. The summed E-state index contributed by atoms with van der Waals surface area (Å²) < 4.78 is 7.47. The van der Waals surface area contributed by atoms with Crippen LogP contribution in [0.1, 0.15) is 38.9 Å². The fourth-order valence-corrected chi connectivity index (χ4v) is 5.01. The molecule has 1 fully saturated rings. The van der Waals surface area contributed by atoms with Crippen LogP contribution in [0.4, 0.5) is 0 Å². The minimum Gasteiger partial charge on any atom is -0.379 e. The Morgan fingerprint density at radius 2 is 1.83 bits per heavy atom. The van der Waals surface area contributed by atoms with Crippen molar-refractivity contribution in [2.45, 2.75) is 25.6 Å². The Labute approximate surface area is 211 Å². The van der Waals surface area contributed by atoms with Gasteiger partial charge in [0.2, 0.25) is 5.91 Å². The molecule has 1 saturated heterocycles. The van der Waals surface area contributed by atoms with E-state index in [0.29, 0.717) is 58.1 Å². The number of hydrogen-bond acceptors (Lipinski definition) is 6. The van der Waals surface area contributed by atoms with Crippen LogP contribution in [0.25, 0.3) is 0 Å². The molecule has 2 aliphatic rings. The van der Waals surface area contributed by atoms with E-state index >= 15 is 0 Å². The van der Waals surface area contributed by atoms with Gasteiger partial charge in [0.15, 0.2) is 5.69 Å². The van der Waals surface area contributed by atoms with Crippen molar-refractivity contribution in [3.05, 3.63) is 82.9 Å². The predicted molar refractivity (Wildman–Crippen MR) is 134 cm³/mol. The Morgan fingerprint density at radius 3 is 2.53 bits per heavy atom. The lowest BCUT2D eigenvalue weighted by Gasteiger charge is -2.38. The highest BCUT2D eigenvalue weighted by Crippen LogP contribution is 2.29. The van der Waals surface area contributed by atoms with Crippen LogP contribution in [0.15, 0.2) is 54.9 Å². The molecule has 0 radical (unpaired) electrons. The molecule has 0 saturated carbocycles. The van der Waals surface area contributed by atoms with Crippen molar-refractivity contribution >= 4 is 11.8 Å². The van der Waals surface area contributed by atoms with Crippen LogP contribution in [0.2, 0.25) is 0 Å². The van der Waals surface area contributed by atoms with Gasteiger partial charge in [-0.1, -0.05) is 36.4 Å². The number of hydrogen-bond donors (Lipinski definition) is 0. The van der Waals surface area contributed by atoms with Crippen molar-refractivity contribution in [1.82, 2.24) is 29.5 Å². The molecule has 2 aromatic heterocycles. The van der Waals surface area contributed by atoms with Gasteiger partial charge in [0.25, 0.3) is 5.91 Å². The molecule has 5 rings (SSSR count). The maximum atomic E-state index is 14.0. The number of nitrogens with zero attached hydrogens (tertiary/aromatic N) is 6. The smallest absolute Gasteiger partial charge is 0.274 e. The average Bonchev–Trinajstić information content (AvgIpc) is 3.27. The second-order valence-corrected chi connectivity index (χ2v) is 9.46. The Bertz CT molecular complexity index is 1210. The van der Waals surface area contributed by atoms with Gasteiger partial charge in [0, 0.05) is 70.3 Å². The highest BCUT2D eigenvalue weighted by atomic mass is 16.5. The lowest BCUT2D eigenvalue weighted by molar-refractivity contribution is -0.140. The molecule has 188 valence electrons. The molecule has 1 aromatic carbocycles. The van der Waals surface area contributed by atoms with Crippen LogP contribution in [0.5, 0.6) is 0 Å². The van der Waals surface area contributed by atoms with Gasteiger partial charge >= 0.3 is 0 Å². The van der Waals surface area contributed by atoms with Crippen LogP contribution < -0.4 is 0 Å². The number of pyridine rings is 1. The summed E-state index contributed by atoms with van der Waals surface area (Å²) in [6.45, 7) is 4.09. The Hall–Kier alpha value is -3.56. The van der Waals surface area contributed by atoms with Crippen LogP contribution in [0.3, 0.4) is 0 Å². The first kappa shape index (κ1) is 24.1. The van der Waals surface area contributed by atoms with Gasteiger partial charge in [0.05, 0.1) is 19.8 Å². The molecule has 0 N–H and O–H groups in total. The maximum absolute atomic E-state index is 14.0. The third-order valence-electron chi connectivity index (χ3n) is 6.87. The zero-order valence-electron chi connectivity index (χ0n) is 20.8. The van der Waals surface area contributed by atoms with Crippen molar-refractivity contribution in [3.63, 3.8) is 0 Å². The summed E-state index contributed by atoms with van der Waals surface area (Å²) in [6.07, 6.45) is 4.13. The van der Waals surface area contributed by atoms with Gasteiger partial charge in [-0.3, -0.25) is 24.2 Å². The van der Waals surface area contributed by atoms with E-state index in [2.05, 4.69) is 22.0 Å². The summed E-state index contributed by atoms with van der Waals surface area (Å²) in [7, 11) is 3.46. The first-order valence-electron chi connectivity index (χ1n) is 12.4. The van der Waals surface area contributed by atoms with Crippen molar-refractivity contribution < 1.29 is 14.3 Å². The fraction of sp³-hybridized carbons (Fsp3) is 0.407. The standard InChI is InChI=1S/C27H32N6O3/c1-30(2)26(34)24-22-19-32(12-10-23(22)33(29-24)18-20-7-4-3-5-8-20)27(35)25(21-9-6-11-28-17-21)31-13-15-36-16-14-31/h3-9,11,17,25H,10,12-16,18-19H2,1-2H3. The monoisotopic (exact) mass is 488 g/mol. The fourth-order valence-electron chi connectivity index (χ4n) is 5.01. The minimum atomic E-state index is -0.434. The second kappa shape index (κ2) is 10.6. The molecule has 2 aliphatic heterocycles. The molecule has 2 amide bonds. The van der Waals surface area contributed by atoms with Gasteiger partial charge in [-0.05, 0) is 17.2 Å². The van der Waals surface area contributed by atoms with E-state index in [4.69, 9.17) is 9.84 Å². The van der Waals surface area contributed by atoms with E-state index in [0.717, 1.165) is 22.4 Å². The highest BCUT2D eigenvalue weighted by Gasteiger charge is 2.36. The summed E-state index contributed by atoms with van der Waals surface area (Å²) in [4.78, 5) is 36.9. The van der Waals surface area contributed by atoms with Gasteiger partial charge in [0.1, 0.15) is 6.04 Å². The number of aromatic nitrogens is 3. The summed E-state index contributed by atoms with van der Waals surface area (Å²) in [5.41, 5.74) is 4.29. The first-order valence-corrected chi connectivity index (χ1v) is 12.4. The molecule has 9 nitrogen and oxygen atoms in total. The number of ether oxygens (including phenoxy) is 1. The lowest BCUT2D eigenvalue weighted by atomic mass is 10.0. The molecule has 0 aliphatic carbocycles. The number of benzene rings is 1. The van der Waals surface area contributed by atoms with Crippen LogP contribution in [0, 0.1) is 0 Å². The normalized spacial score (nSPS) is 16.9. The van der Waals surface area contributed by atoms with E-state index in [1.165, 1.54) is 0 Å². The van der Waals surface area contributed by atoms with E-state index in [9.17, 15) is 9.59 Å². The Balaban J connectivity index is 1.46. The van der Waals surface area contributed by atoms with Crippen molar-refractivity contribution in [2.75, 3.05) is 46.9 Å². The molecule has 1 atom stereocenters. The molecular weight excluding hydrogens is 456 g/mol. The number of carbonyl (C=O) groups excluding carboxylic acids is 2. The topological polar surface area (TPSA) is 83.8 Å². The van der Waals surface area contributed by atoms with Gasteiger partial charge in [-0.15, -0.1) is 0 Å². The van der Waals surface area contributed by atoms with Crippen molar-refractivity contribution in [2.24, 2.45) is 0 Å². The largest absolute Gasteiger partial charge is 0.379 e. The SMILES string of the molecule is CN(C)C(=O)c1nn(Cc2ccccc2)c2c1CN(C(=O)C(c1cccnc1)N1CCOCC1)CC2. The number of carbonyl (C=O) groups is 2. The molecule has 4 heterocycles. The summed E-state index contributed by atoms with van der Waals surface area (Å²) in [5.74, 6) is -0.126. The lowest BCUT2D eigenvalue weighted by Crippen LogP contribution is -2.48. The third-order valence-corrected chi connectivity index (χ3v) is 6.87. The van der Waals surface area contributed by atoms with E-state index < -0.39 is 6.04 Å². The molecule has 9 heteroatoms. The summed E-state index contributed by atoms with van der Waals surface area (Å²) in [5, 5.41) is 4.75.